The maximum Gasteiger partial charge on any atom is 0.324 e. The van der Waals surface area contributed by atoms with Gasteiger partial charge in [0.25, 0.3) is 0 Å². The molecule has 1 heterocycles. The van der Waals surface area contributed by atoms with Gasteiger partial charge in [0.2, 0.25) is 5.91 Å². The average Bonchev–Trinajstić information content (AvgIpc) is 2.88. The molecule has 0 atom stereocenters. The minimum atomic E-state index is -0.525. The highest BCUT2D eigenvalue weighted by Gasteiger charge is 2.10. The molecule has 2 aromatic rings. The summed E-state index contributed by atoms with van der Waals surface area (Å²) in [5.41, 5.74) is 0.695. The van der Waals surface area contributed by atoms with Crippen LogP contribution in [0.2, 0.25) is 0 Å². The highest BCUT2D eigenvalue weighted by Crippen LogP contribution is 2.25. The molecular formula is C13H12FN3O3S. The molecule has 0 aliphatic carbocycles. The zero-order valence-corrected chi connectivity index (χ0v) is 11.9. The number of nitrogens with one attached hydrogen (secondary N) is 2. The zero-order chi connectivity index (χ0) is 15.4. The van der Waals surface area contributed by atoms with Crippen LogP contribution in [-0.4, -0.2) is 10.8 Å². The van der Waals surface area contributed by atoms with E-state index in [2.05, 4.69) is 10.6 Å². The van der Waals surface area contributed by atoms with Gasteiger partial charge in [-0.2, -0.15) is 0 Å². The first-order chi connectivity index (χ1) is 9.95. The molecular weight excluding hydrogens is 297 g/mol. The van der Waals surface area contributed by atoms with Gasteiger partial charge in [0.1, 0.15) is 5.82 Å². The molecule has 0 bridgehead atoms. The zero-order valence-electron chi connectivity index (χ0n) is 11.1. The van der Waals surface area contributed by atoms with Gasteiger partial charge in [-0.25, -0.2) is 4.39 Å². The van der Waals surface area contributed by atoms with Gasteiger partial charge < -0.3 is 10.6 Å². The van der Waals surface area contributed by atoms with Crippen molar-refractivity contribution in [3.63, 3.8) is 0 Å². The molecule has 1 aromatic carbocycles. The molecule has 0 spiro atoms. The van der Waals surface area contributed by atoms with Crippen LogP contribution < -0.4 is 10.6 Å². The minimum Gasteiger partial charge on any atom is -0.380 e. The molecule has 0 saturated carbocycles. The smallest absolute Gasteiger partial charge is 0.324 e. The molecule has 8 heteroatoms. The van der Waals surface area contributed by atoms with E-state index in [4.69, 9.17) is 0 Å². The van der Waals surface area contributed by atoms with Crippen molar-refractivity contribution in [1.29, 1.82) is 0 Å². The van der Waals surface area contributed by atoms with Gasteiger partial charge in [-0.05, 0) is 24.3 Å². The van der Waals surface area contributed by atoms with Gasteiger partial charge in [-0.15, -0.1) is 0 Å². The van der Waals surface area contributed by atoms with E-state index in [1.807, 2.05) is 0 Å². The van der Waals surface area contributed by atoms with E-state index < -0.39 is 10.7 Å². The number of carbonyl (C=O) groups excluding carboxylic acids is 1. The quantitative estimate of drug-likeness (QED) is 0.655. The number of hydrogen-bond acceptors (Lipinski definition) is 5. The van der Waals surface area contributed by atoms with Crippen LogP contribution in [-0.2, 0) is 11.3 Å². The molecule has 0 aliphatic heterocycles. The van der Waals surface area contributed by atoms with E-state index in [0.717, 1.165) is 16.2 Å². The van der Waals surface area contributed by atoms with Crippen LogP contribution >= 0.6 is 11.3 Å². The van der Waals surface area contributed by atoms with Crippen molar-refractivity contribution in [2.75, 3.05) is 10.6 Å². The van der Waals surface area contributed by atoms with Crippen molar-refractivity contribution < 1.29 is 14.1 Å². The van der Waals surface area contributed by atoms with Crippen LogP contribution in [0.25, 0.3) is 0 Å². The van der Waals surface area contributed by atoms with Crippen molar-refractivity contribution in [3.05, 3.63) is 51.1 Å². The van der Waals surface area contributed by atoms with Crippen LogP contribution in [0.3, 0.4) is 0 Å². The van der Waals surface area contributed by atoms with Crippen LogP contribution in [0.5, 0.6) is 0 Å². The Bertz CT molecular complexity index is 687. The Balaban J connectivity index is 2.05. The first-order valence-corrected chi connectivity index (χ1v) is 6.81. The number of thiophene rings is 1. The number of anilines is 2. The van der Waals surface area contributed by atoms with Crippen LogP contribution in [0, 0.1) is 15.9 Å². The molecule has 0 unspecified atom stereocenters. The van der Waals surface area contributed by atoms with Gasteiger partial charge in [-0.1, -0.05) is 11.3 Å². The maximum absolute atomic E-state index is 13.5. The topological polar surface area (TPSA) is 84.3 Å². The Morgan fingerprint density at radius 3 is 2.76 bits per heavy atom. The van der Waals surface area contributed by atoms with E-state index >= 15 is 0 Å². The van der Waals surface area contributed by atoms with Crippen molar-refractivity contribution in [2.24, 2.45) is 0 Å². The molecule has 0 fully saturated rings. The van der Waals surface area contributed by atoms with E-state index in [1.165, 1.54) is 31.2 Å². The first kappa shape index (κ1) is 14.9. The van der Waals surface area contributed by atoms with Crippen molar-refractivity contribution in [2.45, 2.75) is 13.5 Å². The fourth-order valence-corrected chi connectivity index (χ4v) is 2.43. The molecule has 0 radical (unpaired) electrons. The normalized spacial score (nSPS) is 10.2. The molecule has 21 heavy (non-hydrogen) atoms. The second kappa shape index (κ2) is 6.31. The van der Waals surface area contributed by atoms with Crippen LogP contribution in [0.1, 0.15) is 11.8 Å². The van der Waals surface area contributed by atoms with E-state index in [-0.39, 0.29) is 16.6 Å². The fraction of sp³-hybridized carbons (Fsp3) is 0.154. The third kappa shape index (κ3) is 3.99. The summed E-state index contributed by atoms with van der Waals surface area (Å²) < 4.78 is 13.5. The first-order valence-electron chi connectivity index (χ1n) is 6.00. The summed E-state index contributed by atoms with van der Waals surface area (Å²) in [5.74, 6) is -0.887. The SMILES string of the molecule is CC(=O)Nc1cc(NCc2ccc([N+](=O)[O-])s2)ccc1F. The lowest BCUT2D eigenvalue weighted by atomic mass is 10.2. The maximum atomic E-state index is 13.5. The number of hydrogen-bond donors (Lipinski definition) is 2. The lowest BCUT2D eigenvalue weighted by Gasteiger charge is -2.08. The Morgan fingerprint density at radius 2 is 2.14 bits per heavy atom. The predicted molar refractivity (Wildman–Crippen MR) is 79.0 cm³/mol. The summed E-state index contributed by atoms with van der Waals surface area (Å²) >= 11 is 1.07. The molecule has 1 amide bonds. The Labute approximate surface area is 123 Å². The molecule has 0 aliphatic rings. The Morgan fingerprint density at radius 1 is 1.38 bits per heavy atom. The second-order valence-corrected chi connectivity index (χ2v) is 5.37. The lowest BCUT2D eigenvalue weighted by molar-refractivity contribution is -0.380. The Kier molecular flexibility index (Phi) is 4.49. The predicted octanol–water partition coefficient (Wildman–Crippen LogP) is 3.37. The molecule has 1 aromatic heterocycles. The summed E-state index contributed by atoms with van der Waals surface area (Å²) in [4.78, 5) is 21.9. The number of halogens is 1. The summed E-state index contributed by atoms with van der Waals surface area (Å²) in [5, 5.41) is 16.1. The van der Waals surface area contributed by atoms with Gasteiger partial charge in [0, 0.05) is 30.1 Å². The summed E-state index contributed by atoms with van der Waals surface area (Å²) in [7, 11) is 0. The van der Waals surface area contributed by atoms with Gasteiger partial charge in [0.05, 0.1) is 10.6 Å². The fourth-order valence-electron chi connectivity index (χ4n) is 1.67. The van der Waals surface area contributed by atoms with Gasteiger partial charge in [0.15, 0.2) is 0 Å². The lowest BCUT2D eigenvalue weighted by Crippen LogP contribution is -2.08. The van der Waals surface area contributed by atoms with E-state index in [1.54, 1.807) is 6.07 Å². The number of amides is 1. The highest BCUT2D eigenvalue weighted by atomic mass is 32.1. The number of carbonyl (C=O) groups is 1. The molecule has 0 saturated heterocycles. The average molecular weight is 309 g/mol. The number of benzene rings is 1. The Hall–Kier alpha value is -2.48. The molecule has 6 nitrogen and oxygen atoms in total. The van der Waals surface area contributed by atoms with E-state index in [9.17, 15) is 19.3 Å². The van der Waals surface area contributed by atoms with Crippen molar-refractivity contribution >= 4 is 33.6 Å². The summed E-state index contributed by atoms with van der Waals surface area (Å²) in [6.07, 6.45) is 0. The minimum absolute atomic E-state index is 0.0739. The van der Waals surface area contributed by atoms with Gasteiger partial charge >= 0.3 is 5.00 Å². The number of nitro groups is 1. The highest BCUT2D eigenvalue weighted by molar-refractivity contribution is 7.15. The van der Waals surface area contributed by atoms with Crippen LogP contribution in [0.15, 0.2) is 30.3 Å². The van der Waals surface area contributed by atoms with Crippen molar-refractivity contribution in [1.82, 2.24) is 0 Å². The standard InChI is InChI=1S/C13H12FN3O3S/c1-8(18)16-12-6-9(2-4-11(12)14)15-7-10-3-5-13(21-10)17(19)20/h2-6,15H,7H2,1H3,(H,16,18). The van der Waals surface area contributed by atoms with Crippen LogP contribution in [0.4, 0.5) is 20.8 Å². The molecule has 110 valence electrons. The second-order valence-electron chi connectivity index (χ2n) is 4.23. The van der Waals surface area contributed by atoms with Gasteiger partial charge in [-0.3, -0.25) is 14.9 Å². The van der Waals surface area contributed by atoms with E-state index in [0.29, 0.717) is 12.2 Å². The molecule has 2 N–H and O–H groups in total. The monoisotopic (exact) mass is 309 g/mol. The third-order valence-corrected chi connectivity index (χ3v) is 3.61. The largest absolute Gasteiger partial charge is 0.380 e. The summed E-state index contributed by atoms with van der Waals surface area (Å²) in [6.45, 7) is 1.67. The summed E-state index contributed by atoms with van der Waals surface area (Å²) in [6, 6.07) is 7.34. The molecule has 2 rings (SSSR count). The number of rotatable bonds is 5. The number of nitrogens with zero attached hydrogens (tertiary/aromatic N) is 1. The third-order valence-electron chi connectivity index (χ3n) is 2.57. The van der Waals surface area contributed by atoms with Crippen molar-refractivity contribution in [3.8, 4) is 0 Å².